The summed E-state index contributed by atoms with van der Waals surface area (Å²) in [6.07, 6.45) is 0.500. The Labute approximate surface area is 110 Å². The van der Waals surface area contributed by atoms with Crippen molar-refractivity contribution in [3.05, 3.63) is 33.9 Å². The molecular weight excluding hydrogens is 252 g/mol. The number of benzene rings is 1. The van der Waals surface area contributed by atoms with E-state index in [2.05, 4.69) is 12.6 Å². The summed E-state index contributed by atoms with van der Waals surface area (Å²) in [6, 6.07) is 4.58. The molecule has 0 aliphatic carbocycles. The number of carbonyl (C=O) groups excluding carboxylic acids is 1. The maximum absolute atomic E-state index is 11.9. The highest BCUT2D eigenvalue weighted by atomic mass is 32.1. The van der Waals surface area contributed by atoms with Gasteiger partial charge in [0.2, 0.25) is 5.91 Å². The van der Waals surface area contributed by atoms with Gasteiger partial charge in [-0.05, 0) is 30.2 Å². The molecule has 1 amide bonds. The fourth-order valence-electron chi connectivity index (χ4n) is 2.19. The number of hydrogen-bond donors (Lipinski definition) is 1. The Balaban J connectivity index is 2.29. The van der Waals surface area contributed by atoms with E-state index >= 15 is 0 Å². The third-order valence-corrected chi connectivity index (χ3v) is 3.66. The van der Waals surface area contributed by atoms with E-state index in [0.29, 0.717) is 18.7 Å². The first kappa shape index (κ1) is 12.9. The molecular formula is C12H14N2O3S. The highest BCUT2D eigenvalue weighted by molar-refractivity contribution is 7.80. The number of rotatable bonds is 3. The lowest BCUT2D eigenvalue weighted by Crippen LogP contribution is -2.25. The lowest BCUT2D eigenvalue weighted by Gasteiger charge is -2.18. The summed E-state index contributed by atoms with van der Waals surface area (Å²) in [5.74, 6) is 0.996. The Kier molecular flexibility index (Phi) is 3.56. The molecule has 0 saturated carbocycles. The molecule has 96 valence electrons. The van der Waals surface area contributed by atoms with Crippen LogP contribution in [0.15, 0.2) is 18.2 Å². The van der Waals surface area contributed by atoms with Gasteiger partial charge in [0.15, 0.2) is 0 Å². The van der Waals surface area contributed by atoms with Gasteiger partial charge in [0, 0.05) is 30.8 Å². The van der Waals surface area contributed by atoms with E-state index in [1.165, 1.54) is 12.1 Å². The first-order valence-corrected chi connectivity index (χ1v) is 6.32. The summed E-state index contributed by atoms with van der Waals surface area (Å²) in [7, 11) is 0. The Bertz CT molecular complexity index is 504. The summed E-state index contributed by atoms with van der Waals surface area (Å²) >= 11 is 4.21. The zero-order valence-corrected chi connectivity index (χ0v) is 10.9. The van der Waals surface area contributed by atoms with E-state index in [4.69, 9.17) is 0 Å². The van der Waals surface area contributed by atoms with Gasteiger partial charge in [-0.3, -0.25) is 14.9 Å². The molecule has 0 spiro atoms. The number of anilines is 1. The van der Waals surface area contributed by atoms with Crippen LogP contribution in [0.2, 0.25) is 0 Å². The Morgan fingerprint density at radius 2 is 2.28 bits per heavy atom. The topological polar surface area (TPSA) is 63.5 Å². The average molecular weight is 266 g/mol. The minimum atomic E-state index is -0.431. The normalized spacial score (nSPS) is 19.3. The maximum atomic E-state index is 11.9. The number of thiol groups is 1. The fraction of sp³-hybridized carbons (Fsp3) is 0.417. The van der Waals surface area contributed by atoms with Gasteiger partial charge in [-0.15, -0.1) is 0 Å². The number of non-ortho nitro benzene ring substituents is 1. The van der Waals surface area contributed by atoms with Gasteiger partial charge in [-0.2, -0.15) is 12.6 Å². The molecule has 6 heteroatoms. The second-order valence-electron chi connectivity index (χ2n) is 4.48. The Hall–Kier alpha value is -1.56. The van der Waals surface area contributed by atoms with Crippen molar-refractivity contribution >= 4 is 29.9 Å². The molecule has 1 fully saturated rings. The number of carbonyl (C=O) groups is 1. The third kappa shape index (κ3) is 2.33. The number of nitrogens with zero attached hydrogens (tertiary/aromatic N) is 2. The van der Waals surface area contributed by atoms with Crippen LogP contribution >= 0.6 is 12.6 Å². The van der Waals surface area contributed by atoms with Gasteiger partial charge in [-0.1, -0.05) is 0 Å². The first-order valence-electron chi connectivity index (χ1n) is 5.69. The number of aryl methyl sites for hydroxylation is 1. The van der Waals surface area contributed by atoms with Crippen LogP contribution in [0.1, 0.15) is 12.0 Å². The van der Waals surface area contributed by atoms with Gasteiger partial charge in [0.1, 0.15) is 0 Å². The van der Waals surface area contributed by atoms with E-state index < -0.39 is 4.92 Å². The van der Waals surface area contributed by atoms with Crippen molar-refractivity contribution in [1.82, 2.24) is 0 Å². The zero-order valence-electron chi connectivity index (χ0n) is 10.00. The number of nitro benzene ring substituents is 1. The van der Waals surface area contributed by atoms with Gasteiger partial charge in [-0.25, -0.2) is 0 Å². The second kappa shape index (κ2) is 4.97. The molecule has 0 bridgehead atoms. The SMILES string of the molecule is Cc1cc([N+](=O)[O-])ccc1N1CC(CS)CC1=O. The van der Waals surface area contributed by atoms with Gasteiger partial charge in [0.25, 0.3) is 5.69 Å². The quantitative estimate of drug-likeness (QED) is 0.518. The van der Waals surface area contributed by atoms with Crippen LogP contribution in [0.5, 0.6) is 0 Å². The number of hydrogen-bond acceptors (Lipinski definition) is 4. The lowest BCUT2D eigenvalue weighted by atomic mass is 10.1. The molecule has 1 aromatic carbocycles. The summed E-state index contributed by atoms with van der Waals surface area (Å²) in [5.41, 5.74) is 1.56. The monoisotopic (exact) mass is 266 g/mol. The Morgan fingerprint density at radius 3 is 2.78 bits per heavy atom. The summed E-state index contributed by atoms with van der Waals surface area (Å²) in [6.45, 7) is 2.42. The highest BCUT2D eigenvalue weighted by Gasteiger charge is 2.30. The molecule has 1 aromatic rings. The van der Waals surface area contributed by atoms with Crippen LogP contribution in [0.4, 0.5) is 11.4 Å². The van der Waals surface area contributed by atoms with Gasteiger partial charge >= 0.3 is 0 Å². The molecule has 1 aliphatic rings. The molecule has 5 nitrogen and oxygen atoms in total. The summed E-state index contributed by atoms with van der Waals surface area (Å²) in [4.78, 5) is 23.8. The molecule has 1 atom stereocenters. The standard InChI is InChI=1S/C12H14N2O3S/c1-8-4-10(14(16)17)2-3-11(8)13-6-9(7-18)5-12(13)15/h2-4,9,18H,5-7H2,1H3. The highest BCUT2D eigenvalue weighted by Crippen LogP contribution is 2.30. The van der Waals surface area contributed by atoms with Crippen LogP contribution in [0.25, 0.3) is 0 Å². The van der Waals surface area contributed by atoms with Gasteiger partial charge < -0.3 is 4.90 Å². The molecule has 1 saturated heterocycles. The average Bonchev–Trinajstić information content (AvgIpc) is 2.70. The molecule has 0 N–H and O–H groups in total. The molecule has 2 rings (SSSR count). The van der Waals surface area contributed by atoms with Crippen LogP contribution < -0.4 is 4.90 Å². The van der Waals surface area contributed by atoms with Crippen molar-refractivity contribution in [3.8, 4) is 0 Å². The van der Waals surface area contributed by atoms with E-state index in [-0.39, 0.29) is 17.5 Å². The van der Waals surface area contributed by atoms with Crippen molar-refractivity contribution in [2.45, 2.75) is 13.3 Å². The fourth-order valence-corrected chi connectivity index (χ4v) is 2.44. The van der Waals surface area contributed by atoms with E-state index in [0.717, 1.165) is 11.3 Å². The van der Waals surface area contributed by atoms with E-state index in [1.807, 2.05) is 0 Å². The molecule has 18 heavy (non-hydrogen) atoms. The van der Waals surface area contributed by atoms with Crippen molar-refractivity contribution in [2.24, 2.45) is 5.92 Å². The predicted molar refractivity (Wildman–Crippen MR) is 72.1 cm³/mol. The van der Waals surface area contributed by atoms with E-state index in [9.17, 15) is 14.9 Å². The Morgan fingerprint density at radius 1 is 1.56 bits per heavy atom. The largest absolute Gasteiger partial charge is 0.312 e. The molecule has 1 heterocycles. The number of nitro groups is 1. The van der Waals surface area contributed by atoms with Crippen molar-refractivity contribution in [2.75, 3.05) is 17.2 Å². The summed E-state index contributed by atoms with van der Waals surface area (Å²) < 4.78 is 0. The minimum absolute atomic E-state index is 0.0497. The van der Waals surface area contributed by atoms with Crippen molar-refractivity contribution in [3.63, 3.8) is 0 Å². The molecule has 1 aliphatic heterocycles. The predicted octanol–water partition coefficient (Wildman–Crippen LogP) is 2.19. The minimum Gasteiger partial charge on any atom is -0.312 e. The zero-order chi connectivity index (χ0) is 13.3. The van der Waals surface area contributed by atoms with Gasteiger partial charge in [0.05, 0.1) is 4.92 Å². The van der Waals surface area contributed by atoms with Crippen molar-refractivity contribution < 1.29 is 9.72 Å². The maximum Gasteiger partial charge on any atom is 0.269 e. The van der Waals surface area contributed by atoms with Crippen LogP contribution in [0.3, 0.4) is 0 Å². The lowest BCUT2D eigenvalue weighted by molar-refractivity contribution is -0.384. The summed E-state index contributed by atoms with van der Waals surface area (Å²) in [5, 5.41) is 10.7. The van der Waals surface area contributed by atoms with Crippen LogP contribution in [-0.2, 0) is 4.79 Å². The third-order valence-electron chi connectivity index (χ3n) is 3.15. The molecule has 0 radical (unpaired) electrons. The van der Waals surface area contributed by atoms with Crippen LogP contribution in [-0.4, -0.2) is 23.1 Å². The smallest absolute Gasteiger partial charge is 0.269 e. The number of amides is 1. The van der Waals surface area contributed by atoms with Crippen LogP contribution in [0, 0.1) is 23.0 Å². The molecule has 0 aromatic heterocycles. The van der Waals surface area contributed by atoms with E-state index in [1.54, 1.807) is 17.9 Å². The second-order valence-corrected chi connectivity index (χ2v) is 4.85. The van der Waals surface area contributed by atoms with Crippen molar-refractivity contribution in [1.29, 1.82) is 0 Å². The first-order chi connectivity index (χ1) is 8.52. The molecule has 1 unspecified atom stereocenters.